The fourth-order valence-electron chi connectivity index (χ4n) is 1.08. The Kier molecular flexibility index (Phi) is 3.18. The van der Waals surface area contributed by atoms with Gasteiger partial charge in [-0.25, -0.2) is 8.42 Å². The first-order chi connectivity index (χ1) is 6.92. The highest BCUT2D eigenvalue weighted by Crippen LogP contribution is 2.22. The Bertz CT molecular complexity index is 517. The van der Waals surface area contributed by atoms with E-state index in [-0.39, 0.29) is 0 Å². The van der Waals surface area contributed by atoms with Gasteiger partial charge in [0.25, 0.3) is 0 Å². The molecule has 6 nitrogen and oxygen atoms in total. The van der Waals surface area contributed by atoms with Gasteiger partial charge in [0.1, 0.15) is 0 Å². The van der Waals surface area contributed by atoms with Crippen LogP contribution in [0, 0.1) is 6.92 Å². The first-order valence-corrected chi connectivity index (χ1v) is 5.95. The molecule has 0 spiro atoms. The van der Waals surface area contributed by atoms with Gasteiger partial charge < -0.3 is 0 Å². The number of sulfonamides is 1. The van der Waals surface area contributed by atoms with E-state index < -0.39 is 10.0 Å². The third kappa shape index (κ3) is 3.49. The van der Waals surface area contributed by atoms with Gasteiger partial charge in [-0.2, -0.15) is 0 Å². The first kappa shape index (κ1) is 11.4. The Morgan fingerprint density at radius 3 is 2.60 bits per heavy atom. The molecule has 80 valence electrons. The van der Waals surface area contributed by atoms with E-state index in [9.17, 15) is 8.42 Å². The van der Waals surface area contributed by atoms with Gasteiger partial charge in [0, 0.05) is 10.6 Å². The van der Waals surface area contributed by atoms with Crippen LogP contribution in [0.25, 0.3) is 10.4 Å². The molecule has 0 bridgehead atoms. The molecule has 0 aromatic heterocycles. The van der Waals surface area contributed by atoms with Crippen LogP contribution in [0.2, 0.25) is 0 Å². The van der Waals surface area contributed by atoms with E-state index in [2.05, 4.69) is 14.7 Å². The minimum atomic E-state index is -3.28. The number of aryl methyl sites for hydroxylation is 1. The van der Waals surface area contributed by atoms with Crippen LogP contribution < -0.4 is 4.72 Å². The van der Waals surface area contributed by atoms with Gasteiger partial charge >= 0.3 is 0 Å². The number of rotatable bonds is 3. The molecule has 1 rings (SSSR count). The third-order valence-corrected chi connectivity index (χ3v) is 2.26. The van der Waals surface area contributed by atoms with Gasteiger partial charge in [-0.1, -0.05) is 11.2 Å². The minimum Gasteiger partial charge on any atom is -0.284 e. The fraction of sp³-hybridized carbons (Fsp3) is 0.250. The standard InChI is InChI=1S/C8H10N4O2S/c1-6-5-7(10-12-9)3-4-8(6)11-15(2,13)14/h3-5,11H,1-2H3. The van der Waals surface area contributed by atoms with E-state index in [0.29, 0.717) is 16.9 Å². The normalized spacial score (nSPS) is 10.5. The Morgan fingerprint density at radius 1 is 1.47 bits per heavy atom. The SMILES string of the molecule is Cc1cc(N=[N+]=[N-])ccc1NS(C)(=O)=O. The molecular formula is C8H10N4O2S. The molecule has 0 unspecified atom stereocenters. The van der Waals surface area contributed by atoms with Gasteiger partial charge in [-0.05, 0) is 30.2 Å². The molecule has 1 aromatic carbocycles. The second-order valence-corrected chi connectivity index (χ2v) is 4.81. The Morgan fingerprint density at radius 2 is 2.13 bits per heavy atom. The van der Waals surface area contributed by atoms with Crippen molar-refractivity contribution in [2.45, 2.75) is 6.92 Å². The summed E-state index contributed by atoms with van der Waals surface area (Å²) >= 11 is 0. The zero-order valence-corrected chi connectivity index (χ0v) is 9.11. The van der Waals surface area contributed by atoms with Crippen molar-refractivity contribution in [2.24, 2.45) is 5.11 Å². The first-order valence-electron chi connectivity index (χ1n) is 4.06. The smallest absolute Gasteiger partial charge is 0.229 e. The van der Waals surface area contributed by atoms with Crippen molar-refractivity contribution in [1.29, 1.82) is 0 Å². The monoisotopic (exact) mass is 226 g/mol. The lowest BCUT2D eigenvalue weighted by atomic mass is 10.2. The van der Waals surface area contributed by atoms with Crippen LogP contribution in [0.4, 0.5) is 11.4 Å². The van der Waals surface area contributed by atoms with Crippen LogP contribution in [0.3, 0.4) is 0 Å². The Labute approximate surface area is 87.6 Å². The van der Waals surface area contributed by atoms with Gasteiger partial charge in [0.2, 0.25) is 10.0 Å². The van der Waals surface area contributed by atoms with Crippen LogP contribution in [-0.2, 0) is 10.0 Å². The van der Waals surface area contributed by atoms with E-state index in [1.54, 1.807) is 25.1 Å². The largest absolute Gasteiger partial charge is 0.284 e. The van der Waals surface area contributed by atoms with Crippen molar-refractivity contribution in [3.63, 3.8) is 0 Å². The highest BCUT2D eigenvalue weighted by atomic mass is 32.2. The summed E-state index contributed by atoms with van der Waals surface area (Å²) in [6.07, 6.45) is 1.08. The molecule has 0 atom stereocenters. The zero-order chi connectivity index (χ0) is 11.5. The van der Waals surface area contributed by atoms with Crippen LogP contribution >= 0.6 is 0 Å². The molecule has 0 aliphatic heterocycles. The molecule has 0 aliphatic rings. The summed E-state index contributed by atoms with van der Waals surface area (Å²) in [7, 11) is -3.28. The second-order valence-electron chi connectivity index (χ2n) is 3.06. The topological polar surface area (TPSA) is 94.9 Å². The van der Waals surface area contributed by atoms with Crippen molar-refractivity contribution >= 4 is 21.4 Å². The van der Waals surface area contributed by atoms with Crippen LogP contribution in [0.5, 0.6) is 0 Å². The highest BCUT2D eigenvalue weighted by Gasteiger charge is 2.04. The summed E-state index contributed by atoms with van der Waals surface area (Å²) in [5.41, 5.74) is 9.85. The molecule has 0 saturated heterocycles. The van der Waals surface area contributed by atoms with Crippen LogP contribution in [0.15, 0.2) is 23.3 Å². The molecule has 0 fully saturated rings. The summed E-state index contributed by atoms with van der Waals surface area (Å²) < 4.78 is 24.3. The zero-order valence-electron chi connectivity index (χ0n) is 8.30. The number of nitrogens with one attached hydrogen (secondary N) is 1. The summed E-state index contributed by atoms with van der Waals surface area (Å²) in [6, 6.07) is 4.70. The van der Waals surface area contributed by atoms with Crippen LogP contribution in [-0.4, -0.2) is 14.7 Å². The van der Waals surface area contributed by atoms with Gasteiger partial charge in [0.05, 0.1) is 11.9 Å². The lowest BCUT2D eigenvalue weighted by Crippen LogP contribution is -2.10. The van der Waals surface area contributed by atoms with Crippen LogP contribution in [0.1, 0.15) is 5.56 Å². The summed E-state index contributed by atoms with van der Waals surface area (Å²) in [6.45, 7) is 1.73. The van der Waals surface area contributed by atoms with E-state index in [0.717, 1.165) is 6.26 Å². The van der Waals surface area contributed by atoms with E-state index >= 15 is 0 Å². The van der Waals surface area contributed by atoms with Gasteiger partial charge in [-0.15, -0.1) is 0 Å². The van der Waals surface area contributed by atoms with Crippen molar-refractivity contribution in [1.82, 2.24) is 0 Å². The van der Waals surface area contributed by atoms with Crippen molar-refractivity contribution in [3.8, 4) is 0 Å². The Balaban J connectivity index is 3.08. The summed E-state index contributed by atoms with van der Waals surface area (Å²) in [4.78, 5) is 2.64. The fourth-order valence-corrected chi connectivity index (χ4v) is 1.70. The molecule has 0 amide bonds. The average Bonchev–Trinajstić information content (AvgIpc) is 2.08. The van der Waals surface area contributed by atoms with Crippen molar-refractivity contribution < 1.29 is 8.42 Å². The molecule has 0 saturated carbocycles. The van der Waals surface area contributed by atoms with Crippen molar-refractivity contribution in [3.05, 3.63) is 34.2 Å². The molecule has 7 heteroatoms. The Hall–Kier alpha value is -1.72. The number of hydrogen-bond acceptors (Lipinski definition) is 3. The number of benzene rings is 1. The number of nitrogens with zero attached hydrogens (tertiary/aromatic N) is 3. The molecular weight excluding hydrogens is 216 g/mol. The molecule has 0 heterocycles. The number of anilines is 1. The highest BCUT2D eigenvalue weighted by molar-refractivity contribution is 7.92. The maximum Gasteiger partial charge on any atom is 0.229 e. The molecule has 0 aliphatic carbocycles. The van der Waals surface area contributed by atoms with E-state index in [1.165, 1.54) is 0 Å². The lowest BCUT2D eigenvalue weighted by Gasteiger charge is -2.07. The molecule has 1 N–H and O–H groups in total. The average molecular weight is 226 g/mol. The molecule has 0 radical (unpaired) electrons. The quantitative estimate of drug-likeness (QED) is 0.486. The minimum absolute atomic E-state index is 0.453. The number of hydrogen-bond donors (Lipinski definition) is 1. The molecule has 1 aromatic rings. The van der Waals surface area contributed by atoms with E-state index in [4.69, 9.17) is 5.53 Å². The predicted octanol–water partition coefficient (Wildman–Crippen LogP) is 2.31. The third-order valence-electron chi connectivity index (χ3n) is 1.67. The number of azide groups is 1. The van der Waals surface area contributed by atoms with Crippen molar-refractivity contribution in [2.75, 3.05) is 11.0 Å². The van der Waals surface area contributed by atoms with Gasteiger partial charge in [-0.3, -0.25) is 4.72 Å². The summed E-state index contributed by atoms with van der Waals surface area (Å²) in [5.74, 6) is 0. The lowest BCUT2D eigenvalue weighted by molar-refractivity contribution is 0.607. The maximum atomic E-state index is 11.0. The summed E-state index contributed by atoms with van der Waals surface area (Å²) in [5, 5.41) is 3.41. The second kappa shape index (κ2) is 4.20. The predicted molar refractivity (Wildman–Crippen MR) is 58.5 cm³/mol. The molecule has 15 heavy (non-hydrogen) atoms. The van der Waals surface area contributed by atoms with E-state index in [1.807, 2.05) is 0 Å². The maximum absolute atomic E-state index is 11.0. The van der Waals surface area contributed by atoms with Gasteiger partial charge in [0.15, 0.2) is 0 Å².